The van der Waals surface area contributed by atoms with Crippen molar-refractivity contribution in [2.24, 2.45) is 0 Å². The summed E-state index contributed by atoms with van der Waals surface area (Å²) in [6.45, 7) is 2.21. The standard InChI is InChI=1S/C10H9BrFNO3.C4H9.Li/c11-8-2-1-6(3-9(8)12)13-4-7(5-14)16-10(13)15;1-3-4-2;/h1-3,7,14H,4-5H2;1,3-4H2,2H3;/t7-;;/m1../s1. The predicted octanol–water partition coefficient (Wildman–Crippen LogP) is 3.28. The van der Waals surface area contributed by atoms with Gasteiger partial charge in [-0.2, -0.15) is 0 Å². The number of carbonyl (C=O) groups is 1. The van der Waals surface area contributed by atoms with Gasteiger partial charge >= 0.3 is 48.7 Å². The minimum atomic E-state index is -0.569. The van der Waals surface area contributed by atoms with E-state index in [0.29, 0.717) is 10.2 Å². The molecule has 4 nitrogen and oxygen atoms in total. The molecule has 1 heterocycles. The van der Waals surface area contributed by atoms with Gasteiger partial charge in [-0.3, -0.25) is 4.90 Å². The van der Waals surface area contributed by atoms with Gasteiger partial charge in [0.15, 0.2) is 0 Å². The number of hydrogen-bond acceptors (Lipinski definition) is 3. The molecule has 0 unspecified atom stereocenters. The molecule has 1 aromatic rings. The Balaban J connectivity index is 0.000000383. The summed E-state index contributed by atoms with van der Waals surface area (Å²) in [6.07, 6.45) is 1.62. The van der Waals surface area contributed by atoms with Gasteiger partial charge in [0.25, 0.3) is 0 Å². The number of halogens is 2. The third kappa shape index (κ3) is 5.63. The third-order valence-corrected chi connectivity index (χ3v) is 3.64. The average molecular weight is 354 g/mol. The first-order valence-corrected chi connectivity index (χ1v) is 7.86. The number of aliphatic hydroxyl groups excluding tert-OH is 1. The third-order valence-electron chi connectivity index (χ3n) is 3.00. The molecular formula is C14H18BrFLiNO3. The molecule has 1 aromatic carbocycles. The molecule has 0 bridgehead atoms. The summed E-state index contributed by atoms with van der Waals surface area (Å²) >= 11 is 5.24. The zero-order chi connectivity index (χ0) is 15.8. The van der Waals surface area contributed by atoms with Crippen LogP contribution in [0.15, 0.2) is 22.7 Å². The van der Waals surface area contributed by atoms with Crippen LogP contribution < -0.4 is 4.90 Å². The number of amides is 1. The summed E-state index contributed by atoms with van der Waals surface area (Å²) in [7, 11) is 0. The van der Waals surface area contributed by atoms with Gasteiger partial charge in [-0.25, -0.2) is 9.18 Å². The fourth-order valence-corrected chi connectivity index (χ4v) is 2.08. The number of hydrogen-bond donors (Lipinski definition) is 1. The fraction of sp³-hybridized carbons (Fsp3) is 0.500. The zero-order valence-electron chi connectivity index (χ0n) is 12.3. The van der Waals surface area contributed by atoms with Crippen LogP contribution in [0.2, 0.25) is 5.09 Å². The van der Waals surface area contributed by atoms with Gasteiger partial charge in [0.1, 0.15) is 11.9 Å². The zero-order valence-corrected chi connectivity index (χ0v) is 13.9. The molecule has 1 amide bonds. The number of nitrogens with zero attached hydrogens (tertiary/aromatic N) is 1. The van der Waals surface area contributed by atoms with Crippen LogP contribution in [0, 0.1) is 5.82 Å². The van der Waals surface area contributed by atoms with Crippen molar-refractivity contribution in [1.82, 2.24) is 0 Å². The van der Waals surface area contributed by atoms with Crippen molar-refractivity contribution in [2.75, 3.05) is 18.1 Å². The molecular weight excluding hydrogens is 336 g/mol. The summed E-state index contributed by atoms with van der Waals surface area (Å²) in [5, 5.41) is 10.2. The quantitative estimate of drug-likeness (QED) is 0.845. The molecule has 0 aromatic heterocycles. The first-order valence-electron chi connectivity index (χ1n) is 7.07. The number of rotatable bonds is 4. The van der Waals surface area contributed by atoms with E-state index >= 15 is 0 Å². The monoisotopic (exact) mass is 353 g/mol. The molecule has 0 aliphatic carbocycles. The van der Waals surface area contributed by atoms with Crippen LogP contribution in [0.25, 0.3) is 0 Å². The molecule has 1 N–H and O–H groups in total. The Hall–Kier alpha value is -0.543. The molecule has 1 fully saturated rings. The van der Waals surface area contributed by atoms with Crippen LogP contribution >= 0.6 is 15.9 Å². The van der Waals surface area contributed by atoms with E-state index in [4.69, 9.17) is 9.84 Å². The Bertz CT molecular complexity index is 474. The Morgan fingerprint density at radius 1 is 1.57 bits per heavy atom. The van der Waals surface area contributed by atoms with E-state index in [2.05, 4.69) is 40.6 Å². The van der Waals surface area contributed by atoms with E-state index in [0.717, 1.165) is 0 Å². The number of ether oxygens (including phenoxy) is 1. The summed E-state index contributed by atoms with van der Waals surface area (Å²) in [5.41, 5.74) is 0.418. The number of carbonyl (C=O) groups excluding carboxylic acids is 1. The van der Waals surface area contributed by atoms with E-state index in [-0.39, 0.29) is 13.2 Å². The maximum atomic E-state index is 13.3. The van der Waals surface area contributed by atoms with Crippen molar-refractivity contribution in [3.8, 4) is 0 Å². The first-order chi connectivity index (χ1) is 10.0. The van der Waals surface area contributed by atoms with E-state index < -0.39 is 18.0 Å². The molecule has 7 heteroatoms. The molecule has 1 atom stereocenters. The van der Waals surface area contributed by atoms with Crippen molar-refractivity contribution in [3.63, 3.8) is 0 Å². The number of unbranched alkanes of at least 4 members (excludes halogenated alkanes) is 1. The van der Waals surface area contributed by atoms with Crippen molar-refractivity contribution >= 4 is 45.4 Å². The Morgan fingerprint density at radius 2 is 2.29 bits per heavy atom. The second kappa shape index (κ2) is 9.47. The average Bonchev–Trinajstić information content (AvgIpc) is 2.85. The van der Waals surface area contributed by atoms with Crippen LogP contribution in [-0.4, -0.2) is 48.2 Å². The van der Waals surface area contributed by atoms with Gasteiger partial charge in [0.2, 0.25) is 0 Å². The van der Waals surface area contributed by atoms with Crippen molar-refractivity contribution < 1.29 is 19.0 Å². The number of aliphatic hydroxyl groups is 1. The molecule has 0 spiro atoms. The Morgan fingerprint density at radius 3 is 2.71 bits per heavy atom. The molecule has 0 radical (unpaired) electrons. The van der Waals surface area contributed by atoms with Gasteiger partial charge in [0.05, 0.1) is 23.3 Å². The van der Waals surface area contributed by atoms with Gasteiger partial charge < -0.3 is 9.84 Å². The Kier molecular flexibility index (Phi) is 8.35. The first kappa shape index (κ1) is 18.5. The van der Waals surface area contributed by atoms with Gasteiger partial charge in [0, 0.05) is 0 Å². The molecule has 1 aliphatic rings. The van der Waals surface area contributed by atoms with E-state index in [9.17, 15) is 9.18 Å². The van der Waals surface area contributed by atoms with Crippen LogP contribution in [0.5, 0.6) is 0 Å². The SMILES string of the molecule is O=C1O[C@@H](CO)CN1c1ccc(Br)c(F)c1.[Li][CH2]CCC. The number of cyclic esters (lactones) is 1. The van der Waals surface area contributed by atoms with Crippen molar-refractivity contribution in [3.05, 3.63) is 28.5 Å². The molecule has 112 valence electrons. The van der Waals surface area contributed by atoms with E-state index in [1.54, 1.807) is 6.07 Å². The molecule has 1 aliphatic heterocycles. The second-order valence-electron chi connectivity index (χ2n) is 4.75. The molecule has 2 rings (SSSR count). The predicted molar refractivity (Wildman–Crippen MR) is 84.3 cm³/mol. The summed E-state index contributed by atoms with van der Waals surface area (Å²) < 4.78 is 18.4. The van der Waals surface area contributed by atoms with Crippen LogP contribution in [0.3, 0.4) is 0 Å². The van der Waals surface area contributed by atoms with Crippen LogP contribution in [0.4, 0.5) is 14.9 Å². The summed E-state index contributed by atoms with van der Waals surface area (Å²) in [5.74, 6) is -0.447. The van der Waals surface area contributed by atoms with Crippen molar-refractivity contribution in [2.45, 2.75) is 31.0 Å². The normalized spacial score (nSPS) is 17.3. The van der Waals surface area contributed by atoms with Crippen LogP contribution in [0.1, 0.15) is 19.8 Å². The van der Waals surface area contributed by atoms with E-state index in [1.165, 1.54) is 35.0 Å². The summed E-state index contributed by atoms with van der Waals surface area (Å²) in [6, 6.07) is 4.36. The van der Waals surface area contributed by atoms with E-state index in [1.807, 2.05) is 0 Å². The topological polar surface area (TPSA) is 49.8 Å². The van der Waals surface area contributed by atoms with Crippen molar-refractivity contribution in [1.29, 1.82) is 0 Å². The number of benzene rings is 1. The van der Waals surface area contributed by atoms with Gasteiger partial charge in [-0.1, -0.05) is 0 Å². The van der Waals surface area contributed by atoms with Gasteiger partial charge in [-0.05, 0) is 34.1 Å². The van der Waals surface area contributed by atoms with Gasteiger partial charge in [-0.15, -0.1) is 0 Å². The molecule has 21 heavy (non-hydrogen) atoms. The molecule has 1 saturated heterocycles. The second-order valence-corrected chi connectivity index (χ2v) is 5.61. The summed E-state index contributed by atoms with van der Waals surface area (Å²) in [4.78, 5) is 12.7. The maximum absolute atomic E-state index is 13.3. The van der Waals surface area contributed by atoms with Crippen LogP contribution in [-0.2, 0) is 4.74 Å². The number of anilines is 1. The Labute approximate surface area is 142 Å². The molecule has 0 saturated carbocycles. The fourth-order valence-electron chi connectivity index (χ4n) is 1.83. The minimum absolute atomic E-state index is 0.233.